The number of hydrogen-bond donors (Lipinski definition) is 2. The summed E-state index contributed by atoms with van der Waals surface area (Å²) in [5.74, 6) is -0.782. The van der Waals surface area contributed by atoms with Crippen molar-refractivity contribution in [2.45, 2.75) is 82.5 Å². The van der Waals surface area contributed by atoms with Gasteiger partial charge in [-0.1, -0.05) is 19.1 Å². The van der Waals surface area contributed by atoms with Crippen molar-refractivity contribution < 1.29 is 29.3 Å². The third kappa shape index (κ3) is 1.65. The Balaban J connectivity index is 1.48. The molecule has 0 aromatic carbocycles. The minimum absolute atomic E-state index is 0.0169. The van der Waals surface area contributed by atoms with Crippen molar-refractivity contribution in [2.75, 3.05) is 6.54 Å². The summed E-state index contributed by atoms with van der Waals surface area (Å²) >= 11 is 0. The molecule has 6 aliphatic carbocycles. The molecule has 168 valence electrons. The molecule has 7 heteroatoms. The van der Waals surface area contributed by atoms with E-state index in [1.54, 1.807) is 0 Å². The standard InChI is InChI=1S/C24H31NO6/c1-10-5-22-8-14-17-21(4)6-13(30-11(2)26)7-23(17)18(22)16(31-12(3)27)15(10)19(28)24(22,29)20(23)25(14)9-21/h13-20,28-29H,1,5-9H2,2-4H3/t13-,14-,15+,16+,17+,18+,19+,20?,21-,22+,23-,24?/m0/s1. The number of nitrogens with zero attached hydrogens (tertiary/aromatic N) is 1. The van der Waals surface area contributed by atoms with Crippen molar-refractivity contribution in [1.82, 2.24) is 4.90 Å². The Morgan fingerprint density at radius 3 is 2.52 bits per heavy atom. The molecule has 7 nitrogen and oxygen atoms in total. The first-order valence-electron chi connectivity index (χ1n) is 11.7. The molecule has 3 unspecified atom stereocenters. The topological polar surface area (TPSA) is 96.3 Å². The first kappa shape index (κ1) is 19.1. The molecule has 0 aromatic rings. The van der Waals surface area contributed by atoms with Crippen LogP contribution in [0.15, 0.2) is 12.2 Å². The minimum Gasteiger partial charge on any atom is -0.463 e. The Hall–Kier alpha value is -1.44. The molecule has 9 rings (SSSR count). The summed E-state index contributed by atoms with van der Waals surface area (Å²) in [5, 5.41) is 24.0. The van der Waals surface area contributed by atoms with Crippen LogP contribution < -0.4 is 0 Å². The second-order valence-electron chi connectivity index (χ2n) is 12.1. The second kappa shape index (κ2) is 5.05. The summed E-state index contributed by atoms with van der Waals surface area (Å²) in [6, 6.07) is 0.170. The molecule has 3 heterocycles. The lowest BCUT2D eigenvalue weighted by Crippen LogP contribution is -2.77. The number of esters is 2. The lowest BCUT2D eigenvalue weighted by Gasteiger charge is -2.68. The maximum absolute atomic E-state index is 12.4. The van der Waals surface area contributed by atoms with E-state index in [0.717, 1.165) is 25.0 Å². The van der Waals surface area contributed by atoms with E-state index in [2.05, 4.69) is 18.4 Å². The molecule has 2 N–H and O–H groups in total. The van der Waals surface area contributed by atoms with Crippen molar-refractivity contribution >= 4 is 11.9 Å². The van der Waals surface area contributed by atoms with E-state index >= 15 is 0 Å². The van der Waals surface area contributed by atoms with Gasteiger partial charge in [-0.3, -0.25) is 14.5 Å². The number of piperidine rings is 2. The van der Waals surface area contributed by atoms with Crippen LogP contribution in [0.25, 0.3) is 0 Å². The van der Waals surface area contributed by atoms with Crippen molar-refractivity contribution in [3.63, 3.8) is 0 Å². The normalized spacial score (nSPS) is 63.5. The maximum atomic E-state index is 12.4. The zero-order valence-corrected chi connectivity index (χ0v) is 18.3. The number of aliphatic hydroxyl groups is 2. The van der Waals surface area contributed by atoms with Gasteiger partial charge in [0.25, 0.3) is 0 Å². The summed E-state index contributed by atoms with van der Waals surface area (Å²) in [7, 11) is 0. The summed E-state index contributed by atoms with van der Waals surface area (Å²) < 4.78 is 11.8. The highest BCUT2D eigenvalue weighted by atomic mass is 16.5. The van der Waals surface area contributed by atoms with Gasteiger partial charge in [0.1, 0.15) is 17.8 Å². The van der Waals surface area contributed by atoms with Crippen LogP contribution in [-0.4, -0.2) is 69.6 Å². The fourth-order valence-electron chi connectivity index (χ4n) is 11.3. The molecule has 9 aliphatic rings. The molecule has 3 aliphatic heterocycles. The number of hydrogen-bond acceptors (Lipinski definition) is 7. The van der Waals surface area contributed by atoms with Gasteiger partial charge in [-0.25, -0.2) is 0 Å². The van der Waals surface area contributed by atoms with Gasteiger partial charge in [0.2, 0.25) is 0 Å². The van der Waals surface area contributed by atoms with E-state index in [-0.39, 0.29) is 40.8 Å². The Morgan fingerprint density at radius 2 is 1.84 bits per heavy atom. The monoisotopic (exact) mass is 429 g/mol. The van der Waals surface area contributed by atoms with Gasteiger partial charge in [0.15, 0.2) is 0 Å². The molecular weight excluding hydrogens is 398 g/mol. The van der Waals surface area contributed by atoms with Crippen LogP contribution in [0.5, 0.6) is 0 Å². The van der Waals surface area contributed by atoms with Gasteiger partial charge in [-0.2, -0.15) is 0 Å². The largest absolute Gasteiger partial charge is 0.463 e. The second-order valence-corrected chi connectivity index (χ2v) is 12.1. The van der Waals surface area contributed by atoms with Crippen LogP contribution in [0.3, 0.4) is 0 Å². The highest BCUT2D eigenvalue weighted by Gasteiger charge is 2.95. The van der Waals surface area contributed by atoms with E-state index in [9.17, 15) is 19.8 Å². The van der Waals surface area contributed by atoms with E-state index in [0.29, 0.717) is 24.8 Å². The summed E-state index contributed by atoms with van der Waals surface area (Å²) in [5.41, 5.74) is -1.23. The molecule has 6 saturated carbocycles. The van der Waals surface area contributed by atoms with Crippen molar-refractivity contribution in [3.05, 3.63) is 12.2 Å². The lowest BCUT2D eigenvalue weighted by molar-refractivity contribution is -0.283. The SMILES string of the molecule is C=C1C[C@]23C[C@H]4[C@@H]5[C@@]6(C)C[C@H](OC(C)=O)C[C@]57C(N4C6)C2(O)[C@H](O)[C@H]1[C@@H](OC(C)=O)[C@@H]73. The molecule has 2 spiro atoms. The Kier molecular flexibility index (Phi) is 3.10. The Bertz CT molecular complexity index is 966. The quantitative estimate of drug-likeness (QED) is 0.500. The fraction of sp³-hybridized carbons (Fsp3) is 0.833. The van der Waals surface area contributed by atoms with Gasteiger partial charge in [0, 0.05) is 55.1 Å². The minimum atomic E-state index is -1.25. The number of aliphatic hydroxyl groups excluding tert-OH is 1. The Labute approximate surface area is 181 Å². The van der Waals surface area contributed by atoms with Crippen molar-refractivity contribution in [1.29, 1.82) is 0 Å². The van der Waals surface area contributed by atoms with Crippen LogP contribution in [0.4, 0.5) is 0 Å². The van der Waals surface area contributed by atoms with E-state index in [1.165, 1.54) is 13.8 Å². The predicted molar refractivity (Wildman–Crippen MR) is 107 cm³/mol. The number of fused-ring (bicyclic) bond motifs is 1. The molecule has 0 amide bonds. The smallest absolute Gasteiger partial charge is 0.302 e. The van der Waals surface area contributed by atoms with Gasteiger partial charge in [-0.05, 0) is 37.0 Å². The lowest BCUT2D eigenvalue weighted by atomic mass is 9.39. The third-order valence-corrected chi connectivity index (χ3v) is 10.9. The fourth-order valence-corrected chi connectivity index (χ4v) is 11.3. The van der Waals surface area contributed by atoms with Gasteiger partial charge in [-0.15, -0.1) is 0 Å². The molecule has 0 aromatic heterocycles. The first-order valence-corrected chi connectivity index (χ1v) is 11.7. The number of carbonyl (C=O) groups is 2. The first-order chi connectivity index (χ1) is 14.5. The predicted octanol–water partition coefficient (Wildman–Crippen LogP) is 1.02. The van der Waals surface area contributed by atoms with Gasteiger partial charge >= 0.3 is 11.9 Å². The van der Waals surface area contributed by atoms with Crippen molar-refractivity contribution in [3.8, 4) is 0 Å². The highest BCUT2D eigenvalue weighted by molar-refractivity contribution is 5.67. The third-order valence-electron chi connectivity index (χ3n) is 10.9. The maximum Gasteiger partial charge on any atom is 0.302 e. The number of carbonyl (C=O) groups excluding carboxylic acids is 2. The summed E-state index contributed by atoms with van der Waals surface area (Å²) in [6.07, 6.45) is 1.29. The highest BCUT2D eigenvalue weighted by Crippen LogP contribution is 2.88. The van der Waals surface area contributed by atoms with E-state index < -0.39 is 29.1 Å². The zero-order chi connectivity index (χ0) is 21.9. The summed E-state index contributed by atoms with van der Waals surface area (Å²) in [4.78, 5) is 26.6. The van der Waals surface area contributed by atoms with Crippen LogP contribution >= 0.6 is 0 Å². The molecule has 3 saturated heterocycles. The van der Waals surface area contributed by atoms with E-state index in [4.69, 9.17) is 9.47 Å². The number of ether oxygens (including phenoxy) is 2. The molecule has 9 fully saturated rings. The van der Waals surface area contributed by atoms with Crippen LogP contribution in [0, 0.1) is 34.0 Å². The zero-order valence-electron chi connectivity index (χ0n) is 18.3. The average Bonchev–Trinajstić information content (AvgIpc) is 3.04. The Morgan fingerprint density at radius 1 is 1.13 bits per heavy atom. The molecule has 31 heavy (non-hydrogen) atoms. The average molecular weight is 430 g/mol. The molecule has 0 radical (unpaired) electrons. The van der Waals surface area contributed by atoms with Crippen LogP contribution in [0.1, 0.15) is 46.5 Å². The van der Waals surface area contributed by atoms with E-state index in [1.807, 2.05) is 0 Å². The molecule has 13 atom stereocenters. The van der Waals surface area contributed by atoms with Gasteiger partial charge in [0.05, 0.1) is 6.10 Å². The molecular formula is C24H31NO6. The van der Waals surface area contributed by atoms with Crippen molar-refractivity contribution in [2.24, 2.45) is 34.0 Å². The van der Waals surface area contributed by atoms with Crippen LogP contribution in [0.2, 0.25) is 0 Å². The molecule has 9 bridgehead atoms. The summed E-state index contributed by atoms with van der Waals surface area (Å²) in [6.45, 7) is 10.3. The number of rotatable bonds is 2. The van der Waals surface area contributed by atoms with Gasteiger partial charge < -0.3 is 19.7 Å². The van der Waals surface area contributed by atoms with Crippen LogP contribution in [-0.2, 0) is 19.1 Å².